The predicted molar refractivity (Wildman–Crippen MR) is 90.5 cm³/mol. The number of benzene rings is 1. The summed E-state index contributed by atoms with van der Waals surface area (Å²) in [5, 5.41) is 0.575. The number of hydrogen-bond acceptors (Lipinski definition) is 3. The van der Waals surface area contributed by atoms with Crippen LogP contribution >= 0.6 is 0 Å². The van der Waals surface area contributed by atoms with Crippen LogP contribution in [0.2, 0.25) is 0 Å². The zero-order valence-electron chi connectivity index (χ0n) is 13.5. The van der Waals surface area contributed by atoms with Crippen LogP contribution in [0.4, 0.5) is 0 Å². The molecule has 120 valence electrons. The second-order valence-electron chi connectivity index (χ2n) is 5.33. The fraction of sp³-hybridized carbons (Fsp3) is 0.529. The molecule has 2 heterocycles. The number of hydrogen-bond donors (Lipinski definition) is 1. The van der Waals surface area contributed by atoms with Crippen molar-refractivity contribution in [3.63, 3.8) is 0 Å². The molecule has 1 aromatic carbocycles. The van der Waals surface area contributed by atoms with Crippen LogP contribution in [0, 0.1) is 0 Å². The first kappa shape index (κ1) is 16.5. The maximum absolute atomic E-state index is 12.3. The normalized spacial score (nSPS) is 15.4. The highest BCUT2D eigenvalue weighted by Crippen LogP contribution is 2.08. The summed E-state index contributed by atoms with van der Waals surface area (Å²) in [6, 6.07) is 7.14. The summed E-state index contributed by atoms with van der Waals surface area (Å²) in [5.41, 5.74) is 0.101. The van der Waals surface area contributed by atoms with Crippen LogP contribution in [-0.2, 0) is 6.54 Å². The summed E-state index contributed by atoms with van der Waals surface area (Å²) in [7, 11) is 0. The van der Waals surface area contributed by atoms with Gasteiger partial charge in [0, 0.05) is 13.1 Å². The van der Waals surface area contributed by atoms with Gasteiger partial charge in [0.2, 0.25) is 0 Å². The SMILES string of the molecule is CC.O=c1[nH]c2ccccc2c(=O)n1CCN1CCCCC1. The van der Waals surface area contributed by atoms with Crippen molar-refractivity contribution in [2.24, 2.45) is 0 Å². The lowest BCUT2D eigenvalue weighted by Crippen LogP contribution is -2.40. The zero-order valence-corrected chi connectivity index (χ0v) is 13.5. The van der Waals surface area contributed by atoms with Gasteiger partial charge in [-0.25, -0.2) is 4.79 Å². The average Bonchev–Trinajstić information content (AvgIpc) is 2.57. The van der Waals surface area contributed by atoms with Crippen molar-refractivity contribution in [2.75, 3.05) is 19.6 Å². The first-order valence-corrected chi connectivity index (χ1v) is 8.20. The smallest absolute Gasteiger partial charge is 0.307 e. The lowest BCUT2D eigenvalue weighted by atomic mass is 10.1. The average molecular weight is 303 g/mol. The zero-order chi connectivity index (χ0) is 15.9. The summed E-state index contributed by atoms with van der Waals surface area (Å²) in [6.45, 7) is 7.36. The topological polar surface area (TPSA) is 58.1 Å². The molecule has 0 unspecified atom stereocenters. The van der Waals surface area contributed by atoms with E-state index in [-0.39, 0.29) is 11.2 Å². The molecule has 0 spiro atoms. The van der Waals surface area contributed by atoms with E-state index in [0.29, 0.717) is 17.4 Å². The van der Waals surface area contributed by atoms with Crippen LogP contribution in [0.1, 0.15) is 33.1 Å². The van der Waals surface area contributed by atoms with Crippen LogP contribution in [0.5, 0.6) is 0 Å². The van der Waals surface area contributed by atoms with E-state index in [1.165, 1.54) is 23.8 Å². The van der Waals surface area contributed by atoms with Crippen LogP contribution in [0.25, 0.3) is 10.9 Å². The lowest BCUT2D eigenvalue weighted by Gasteiger charge is -2.26. The van der Waals surface area contributed by atoms with E-state index in [1.807, 2.05) is 26.0 Å². The van der Waals surface area contributed by atoms with Gasteiger partial charge in [0.05, 0.1) is 10.9 Å². The van der Waals surface area contributed by atoms with Crippen molar-refractivity contribution in [1.29, 1.82) is 0 Å². The highest BCUT2D eigenvalue weighted by Gasteiger charge is 2.12. The fourth-order valence-electron chi connectivity index (χ4n) is 2.83. The molecule has 22 heavy (non-hydrogen) atoms. The van der Waals surface area contributed by atoms with Gasteiger partial charge < -0.3 is 9.88 Å². The number of rotatable bonds is 3. The quantitative estimate of drug-likeness (QED) is 0.945. The maximum atomic E-state index is 12.3. The second-order valence-corrected chi connectivity index (χ2v) is 5.33. The van der Waals surface area contributed by atoms with Gasteiger partial charge in [0.15, 0.2) is 0 Å². The van der Waals surface area contributed by atoms with Crippen molar-refractivity contribution in [1.82, 2.24) is 14.5 Å². The first-order chi connectivity index (χ1) is 10.8. The number of nitrogens with zero attached hydrogens (tertiary/aromatic N) is 2. The third kappa shape index (κ3) is 3.65. The molecule has 0 bridgehead atoms. The predicted octanol–water partition coefficient (Wildman–Crippen LogP) is 2.20. The monoisotopic (exact) mass is 303 g/mol. The van der Waals surface area contributed by atoms with Gasteiger partial charge in [-0.15, -0.1) is 0 Å². The van der Waals surface area contributed by atoms with Gasteiger partial charge in [-0.3, -0.25) is 9.36 Å². The van der Waals surface area contributed by atoms with E-state index in [4.69, 9.17) is 0 Å². The minimum atomic E-state index is -0.314. The Balaban J connectivity index is 0.000000847. The number of fused-ring (bicyclic) bond motifs is 1. The summed E-state index contributed by atoms with van der Waals surface area (Å²) in [5.74, 6) is 0. The van der Waals surface area contributed by atoms with E-state index >= 15 is 0 Å². The van der Waals surface area contributed by atoms with Crippen LogP contribution in [-0.4, -0.2) is 34.1 Å². The van der Waals surface area contributed by atoms with Gasteiger partial charge in [-0.2, -0.15) is 0 Å². The van der Waals surface area contributed by atoms with Crippen LogP contribution in [0.15, 0.2) is 33.9 Å². The van der Waals surface area contributed by atoms with Crippen LogP contribution in [0.3, 0.4) is 0 Å². The van der Waals surface area contributed by atoms with Gasteiger partial charge >= 0.3 is 5.69 Å². The van der Waals surface area contributed by atoms with Gasteiger partial charge in [-0.05, 0) is 38.1 Å². The molecule has 1 saturated heterocycles. The third-order valence-corrected chi connectivity index (χ3v) is 3.98. The Morgan fingerprint density at radius 1 is 1.00 bits per heavy atom. The van der Waals surface area contributed by atoms with Crippen molar-refractivity contribution >= 4 is 10.9 Å². The molecule has 0 saturated carbocycles. The molecule has 1 aliphatic heterocycles. The molecule has 0 amide bonds. The van der Waals surface area contributed by atoms with Gasteiger partial charge in [0.1, 0.15) is 0 Å². The van der Waals surface area contributed by atoms with E-state index in [9.17, 15) is 9.59 Å². The molecule has 5 nitrogen and oxygen atoms in total. The number of likely N-dealkylation sites (tertiary alicyclic amines) is 1. The summed E-state index contributed by atoms with van der Waals surface area (Å²) >= 11 is 0. The number of nitrogens with one attached hydrogen (secondary N) is 1. The fourth-order valence-corrected chi connectivity index (χ4v) is 2.83. The standard InChI is InChI=1S/C15H19N3O2.C2H6/c19-14-12-6-2-3-7-13(12)16-15(20)18(14)11-10-17-8-4-1-5-9-17;1-2/h2-3,6-7H,1,4-5,8-11H2,(H,16,20);1-2H3. The molecule has 0 radical (unpaired) electrons. The minimum absolute atomic E-state index is 0.193. The number of aromatic nitrogens is 2. The molecule has 1 fully saturated rings. The molecular formula is C17H25N3O2. The highest BCUT2D eigenvalue weighted by atomic mass is 16.2. The maximum Gasteiger partial charge on any atom is 0.328 e. The van der Waals surface area contributed by atoms with E-state index in [0.717, 1.165) is 19.6 Å². The van der Waals surface area contributed by atoms with Crippen molar-refractivity contribution < 1.29 is 0 Å². The number of para-hydroxylation sites is 1. The largest absolute Gasteiger partial charge is 0.328 e. The number of H-pyrrole nitrogens is 1. The summed E-state index contributed by atoms with van der Waals surface area (Å²) in [4.78, 5) is 29.5. The molecule has 1 aromatic heterocycles. The lowest BCUT2D eigenvalue weighted by molar-refractivity contribution is 0.219. The second kappa shape index (κ2) is 7.94. The minimum Gasteiger partial charge on any atom is -0.307 e. The number of aromatic amines is 1. The molecular weight excluding hydrogens is 278 g/mol. The third-order valence-electron chi connectivity index (χ3n) is 3.98. The molecule has 3 rings (SSSR count). The highest BCUT2D eigenvalue weighted by molar-refractivity contribution is 5.76. The molecule has 2 aromatic rings. The van der Waals surface area contributed by atoms with E-state index in [2.05, 4.69) is 9.88 Å². The molecule has 1 aliphatic rings. The molecule has 1 N–H and O–H groups in total. The van der Waals surface area contributed by atoms with Crippen molar-refractivity contribution in [3.05, 3.63) is 45.1 Å². The Hall–Kier alpha value is -1.88. The summed E-state index contributed by atoms with van der Waals surface area (Å²) < 4.78 is 1.32. The molecule has 0 aliphatic carbocycles. The van der Waals surface area contributed by atoms with Gasteiger partial charge in [-0.1, -0.05) is 32.4 Å². The van der Waals surface area contributed by atoms with E-state index in [1.54, 1.807) is 12.1 Å². The summed E-state index contributed by atoms with van der Waals surface area (Å²) in [6.07, 6.45) is 3.71. The molecule has 0 atom stereocenters. The van der Waals surface area contributed by atoms with Crippen molar-refractivity contribution in [2.45, 2.75) is 39.7 Å². The first-order valence-electron chi connectivity index (χ1n) is 8.20. The Kier molecular flexibility index (Phi) is 5.95. The van der Waals surface area contributed by atoms with Crippen LogP contribution < -0.4 is 11.2 Å². The Morgan fingerprint density at radius 2 is 1.68 bits per heavy atom. The van der Waals surface area contributed by atoms with E-state index < -0.39 is 0 Å². The van der Waals surface area contributed by atoms with Crippen molar-refractivity contribution in [3.8, 4) is 0 Å². The Bertz CT molecular complexity index is 712. The van der Waals surface area contributed by atoms with Gasteiger partial charge in [0.25, 0.3) is 5.56 Å². The Morgan fingerprint density at radius 3 is 2.41 bits per heavy atom. The number of piperidine rings is 1. The Labute approximate surface area is 130 Å². The molecule has 5 heteroatoms.